The summed E-state index contributed by atoms with van der Waals surface area (Å²) >= 11 is 0. The quantitative estimate of drug-likeness (QED) is 0.688. The van der Waals surface area contributed by atoms with Crippen LogP contribution in [0.3, 0.4) is 0 Å². The third-order valence-corrected chi connectivity index (χ3v) is 3.36. The molecule has 2 aromatic carbocycles. The topological polar surface area (TPSA) is 35.3 Å². The molecule has 3 rings (SSSR count). The van der Waals surface area contributed by atoms with Crippen molar-refractivity contribution in [2.45, 2.75) is 20.0 Å². The molecule has 1 atom stereocenters. The van der Waals surface area contributed by atoms with Gasteiger partial charge in [-0.15, -0.1) is 0 Å². The van der Waals surface area contributed by atoms with Gasteiger partial charge in [-0.05, 0) is 43.7 Å². The molecule has 0 aliphatic heterocycles. The predicted molar refractivity (Wildman–Crippen MR) is 82.2 cm³/mol. The molecule has 0 N–H and O–H groups in total. The van der Waals surface area contributed by atoms with Crippen LogP contribution >= 0.6 is 0 Å². The standard InChI is InChI=1S/C18H17NO2/c1-13-12-18(19-21-13)16-8-10-17(11-9-16)20-14(2)15-6-4-3-5-7-15/h3-12,14H,1-2H3. The molecule has 3 heteroatoms. The summed E-state index contributed by atoms with van der Waals surface area (Å²) in [5, 5.41) is 4.01. The average molecular weight is 279 g/mol. The number of nitrogens with zero attached hydrogens (tertiary/aromatic N) is 1. The fraction of sp³-hybridized carbons (Fsp3) is 0.167. The molecule has 1 unspecified atom stereocenters. The van der Waals surface area contributed by atoms with Crippen LogP contribution in [0.2, 0.25) is 0 Å². The van der Waals surface area contributed by atoms with E-state index in [4.69, 9.17) is 9.26 Å². The zero-order valence-corrected chi connectivity index (χ0v) is 12.1. The Hall–Kier alpha value is -2.55. The highest BCUT2D eigenvalue weighted by molar-refractivity contribution is 5.59. The highest BCUT2D eigenvalue weighted by Crippen LogP contribution is 2.25. The van der Waals surface area contributed by atoms with Crippen LogP contribution < -0.4 is 4.74 Å². The van der Waals surface area contributed by atoms with Gasteiger partial charge in [0.15, 0.2) is 0 Å². The first-order valence-corrected chi connectivity index (χ1v) is 6.98. The largest absolute Gasteiger partial charge is 0.486 e. The van der Waals surface area contributed by atoms with Crippen molar-refractivity contribution in [3.8, 4) is 17.0 Å². The Bertz CT molecular complexity index is 702. The fourth-order valence-electron chi connectivity index (χ4n) is 2.20. The molecule has 0 bridgehead atoms. The van der Waals surface area contributed by atoms with Crippen LogP contribution in [0.4, 0.5) is 0 Å². The van der Waals surface area contributed by atoms with Gasteiger partial charge in [-0.25, -0.2) is 0 Å². The summed E-state index contributed by atoms with van der Waals surface area (Å²) in [5.74, 6) is 1.65. The van der Waals surface area contributed by atoms with Gasteiger partial charge < -0.3 is 9.26 Å². The lowest BCUT2D eigenvalue weighted by Crippen LogP contribution is -2.02. The molecule has 0 amide bonds. The van der Waals surface area contributed by atoms with Gasteiger partial charge in [0.05, 0.1) is 0 Å². The zero-order chi connectivity index (χ0) is 14.7. The molecule has 0 radical (unpaired) electrons. The van der Waals surface area contributed by atoms with Gasteiger partial charge in [0.25, 0.3) is 0 Å². The Kier molecular flexibility index (Phi) is 3.73. The molecule has 0 spiro atoms. The van der Waals surface area contributed by atoms with Gasteiger partial charge in [-0.2, -0.15) is 0 Å². The van der Waals surface area contributed by atoms with Gasteiger partial charge >= 0.3 is 0 Å². The average Bonchev–Trinajstić information content (AvgIpc) is 2.95. The number of aromatic nitrogens is 1. The monoisotopic (exact) mass is 279 g/mol. The van der Waals surface area contributed by atoms with E-state index in [9.17, 15) is 0 Å². The minimum atomic E-state index is 0.0198. The van der Waals surface area contributed by atoms with Gasteiger partial charge in [0.2, 0.25) is 0 Å². The zero-order valence-electron chi connectivity index (χ0n) is 12.1. The number of hydrogen-bond donors (Lipinski definition) is 0. The maximum absolute atomic E-state index is 5.95. The molecule has 3 aromatic rings. The van der Waals surface area contributed by atoms with E-state index in [0.717, 1.165) is 28.3 Å². The number of rotatable bonds is 4. The SMILES string of the molecule is Cc1cc(-c2ccc(OC(C)c3ccccc3)cc2)no1. The Morgan fingerprint density at radius 3 is 2.33 bits per heavy atom. The number of aryl methyl sites for hydroxylation is 1. The van der Waals surface area contributed by atoms with E-state index in [-0.39, 0.29) is 6.10 Å². The number of ether oxygens (including phenoxy) is 1. The van der Waals surface area contributed by atoms with Crippen molar-refractivity contribution in [3.63, 3.8) is 0 Å². The predicted octanol–water partition coefficient (Wildman–Crippen LogP) is 4.79. The first-order chi connectivity index (χ1) is 10.2. The summed E-state index contributed by atoms with van der Waals surface area (Å²) in [4.78, 5) is 0. The van der Waals surface area contributed by atoms with E-state index >= 15 is 0 Å². The highest BCUT2D eigenvalue weighted by Gasteiger charge is 2.08. The molecule has 0 saturated heterocycles. The van der Waals surface area contributed by atoms with Crippen LogP contribution in [0, 0.1) is 6.92 Å². The maximum Gasteiger partial charge on any atom is 0.134 e. The van der Waals surface area contributed by atoms with Crippen LogP contribution in [0.15, 0.2) is 65.2 Å². The number of hydrogen-bond acceptors (Lipinski definition) is 3. The lowest BCUT2D eigenvalue weighted by molar-refractivity contribution is 0.227. The van der Waals surface area contributed by atoms with Crippen molar-refractivity contribution in [1.29, 1.82) is 0 Å². The van der Waals surface area contributed by atoms with Crippen LogP contribution in [0.25, 0.3) is 11.3 Å². The lowest BCUT2D eigenvalue weighted by Gasteiger charge is -2.15. The van der Waals surface area contributed by atoms with E-state index in [0.29, 0.717) is 0 Å². The summed E-state index contributed by atoms with van der Waals surface area (Å²) in [6.07, 6.45) is 0.0198. The molecular formula is C18H17NO2. The molecule has 106 valence electrons. The molecule has 3 nitrogen and oxygen atoms in total. The lowest BCUT2D eigenvalue weighted by atomic mass is 10.1. The second-order valence-corrected chi connectivity index (χ2v) is 5.02. The fourth-order valence-corrected chi connectivity index (χ4v) is 2.20. The second-order valence-electron chi connectivity index (χ2n) is 5.02. The summed E-state index contributed by atoms with van der Waals surface area (Å²) in [5.41, 5.74) is 3.02. The van der Waals surface area contributed by atoms with E-state index in [1.54, 1.807) is 0 Å². The van der Waals surface area contributed by atoms with Gasteiger partial charge in [-0.1, -0.05) is 35.5 Å². The number of benzene rings is 2. The maximum atomic E-state index is 5.95. The van der Waals surface area contributed by atoms with Gasteiger partial charge in [0.1, 0.15) is 23.3 Å². The smallest absolute Gasteiger partial charge is 0.134 e. The first kappa shape index (κ1) is 13.4. The van der Waals surface area contributed by atoms with Crippen molar-refractivity contribution in [1.82, 2.24) is 5.16 Å². The van der Waals surface area contributed by atoms with E-state index in [2.05, 4.69) is 17.3 Å². The van der Waals surface area contributed by atoms with Crippen molar-refractivity contribution in [3.05, 3.63) is 72.0 Å². The summed E-state index contributed by atoms with van der Waals surface area (Å²) in [6, 6.07) is 20.0. The van der Waals surface area contributed by atoms with Crippen LogP contribution in [-0.4, -0.2) is 5.16 Å². The van der Waals surface area contributed by atoms with Crippen molar-refractivity contribution >= 4 is 0 Å². The molecule has 21 heavy (non-hydrogen) atoms. The molecule has 1 heterocycles. The summed E-state index contributed by atoms with van der Waals surface area (Å²) in [6.45, 7) is 3.93. The third-order valence-electron chi connectivity index (χ3n) is 3.36. The third kappa shape index (κ3) is 3.14. The normalized spacial score (nSPS) is 12.1. The van der Waals surface area contributed by atoms with Crippen molar-refractivity contribution in [2.75, 3.05) is 0 Å². The molecule has 0 aliphatic carbocycles. The van der Waals surface area contributed by atoms with Crippen LogP contribution in [0.1, 0.15) is 24.4 Å². The Morgan fingerprint density at radius 2 is 1.71 bits per heavy atom. The van der Waals surface area contributed by atoms with Gasteiger partial charge in [0, 0.05) is 11.6 Å². The minimum absolute atomic E-state index is 0.0198. The Labute approximate surface area is 124 Å². The first-order valence-electron chi connectivity index (χ1n) is 6.98. The second kappa shape index (κ2) is 5.83. The Morgan fingerprint density at radius 1 is 1.00 bits per heavy atom. The molecule has 0 fully saturated rings. The molecule has 0 aliphatic rings. The van der Waals surface area contributed by atoms with Crippen molar-refractivity contribution < 1.29 is 9.26 Å². The van der Waals surface area contributed by atoms with Crippen LogP contribution in [-0.2, 0) is 0 Å². The Balaban J connectivity index is 1.73. The highest BCUT2D eigenvalue weighted by atomic mass is 16.5. The molecule has 0 saturated carbocycles. The van der Waals surface area contributed by atoms with E-state index in [1.165, 1.54) is 0 Å². The minimum Gasteiger partial charge on any atom is -0.486 e. The summed E-state index contributed by atoms with van der Waals surface area (Å²) < 4.78 is 11.0. The molecule has 1 aromatic heterocycles. The summed E-state index contributed by atoms with van der Waals surface area (Å²) in [7, 11) is 0. The van der Waals surface area contributed by atoms with E-state index < -0.39 is 0 Å². The molecular weight excluding hydrogens is 262 g/mol. The van der Waals surface area contributed by atoms with Gasteiger partial charge in [-0.3, -0.25) is 0 Å². The van der Waals surface area contributed by atoms with E-state index in [1.807, 2.05) is 62.4 Å². The van der Waals surface area contributed by atoms with Crippen molar-refractivity contribution in [2.24, 2.45) is 0 Å². The van der Waals surface area contributed by atoms with Crippen LogP contribution in [0.5, 0.6) is 5.75 Å².